The average Bonchev–Trinajstić information content (AvgIpc) is 3.55. The molecule has 2 aromatic heterocycles. The van der Waals surface area contributed by atoms with Crippen molar-refractivity contribution in [3.63, 3.8) is 0 Å². The molecule has 16 heteroatoms. The Kier molecular flexibility index (Phi) is 13.8. The Morgan fingerprint density at radius 3 is 2.49 bits per heavy atom. The molecule has 0 amide bonds. The molecule has 1 aromatic carbocycles. The second-order valence-corrected chi connectivity index (χ2v) is 12.9. The molecular formula is C31H51N10O5P. The smallest absolute Gasteiger partial charge is 0.316 e. The molecule has 3 aromatic rings. The van der Waals surface area contributed by atoms with Crippen LogP contribution in [-0.4, -0.2) is 114 Å². The van der Waals surface area contributed by atoms with Crippen LogP contribution in [0.5, 0.6) is 11.5 Å². The van der Waals surface area contributed by atoms with Gasteiger partial charge in [0.1, 0.15) is 11.5 Å². The summed E-state index contributed by atoms with van der Waals surface area (Å²) in [6.45, 7) is 8.11. The van der Waals surface area contributed by atoms with Gasteiger partial charge in [-0.3, -0.25) is 14.1 Å². The first kappa shape index (κ1) is 35.2. The van der Waals surface area contributed by atoms with Crippen LogP contribution in [0.2, 0.25) is 0 Å². The summed E-state index contributed by atoms with van der Waals surface area (Å²) in [5, 5.41) is 20.3. The van der Waals surface area contributed by atoms with Crippen molar-refractivity contribution in [2.45, 2.75) is 64.1 Å². The number of piperazine rings is 1. The fourth-order valence-corrected chi connectivity index (χ4v) is 6.44. The van der Waals surface area contributed by atoms with Crippen molar-refractivity contribution in [3.05, 3.63) is 24.0 Å². The molecule has 15 nitrogen and oxygen atoms in total. The monoisotopic (exact) mass is 674 g/mol. The van der Waals surface area contributed by atoms with Gasteiger partial charge in [0.15, 0.2) is 11.5 Å². The van der Waals surface area contributed by atoms with Gasteiger partial charge in [-0.2, -0.15) is 4.98 Å². The molecular weight excluding hydrogens is 623 g/mol. The highest BCUT2D eigenvalue weighted by Gasteiger charge is 2.22. The zero-order valence-corrected chi connectivity index (χ0v) is 28.7. The predicted octanol–water partition coefficient (Wildman–Crippen LogP) is 2.66. The normalized spacial score (nSPS) is 16.9. The minimum Gasteiger partial charge on any atom is -0.493 e. The Morgan fingerprint density at radius 2 is 1.72 bits per heavy atom. The Hall–Kier alpha value is -3.07. The number of ether oxygens (including phenoxy) is 2. The van der Waals surface area contributed by atoms with Gasteiger partial charge in [-0.25, -0.2) is 4.98 Å². The molecule has 3 heterocycles. The molecule has 0 radical (unpaired) electrons. The van der Waals surface area contributed by atoms with Gasteiger partial charge in [-0.1, -0.05) is 24.5 Å². The second kappa shape index (κ2) is 18.5. The van der Waals surface area contributed by atoms with Crippen molar-refractivity contribution in [1.82, 2.24) is 40.5 Å². The van der Waals surface area contributed by atoms with Gasteiger partial charge in [0.25, 0.3) is 0 Å². The standard InChI is InChI=1S/C31H51N10O5P/c1-44-28-20-26-27(21-29(28)45-2)35-31(40-16-14-39(15-17-40)18-19-46-47(42)43)36-30(26)34-22-25-23-41(38-37-25)13-7-11-32-10-6-12-33-24-8-4-3-5-9-24/h20-21,23-24,32-33,47H,3-19,22H2,1-2H3,(H,42,43)(H,34,35,36). The number of aryl methyl sites for hydroxylation is 1. The van der Waals surface area contributed by atoms with E-state index in [0.717, 1.165) is 74.7 Å². The summed E-state index contributed by atoms with van der Waals surface area (Å²) in [4.78, 5) is 23.1. The van der Waals surface area contributed by atoms with Gasteiger partial charge in [-0.05, 0) is 51.4 Å². The van der Waals surface area contributed by atoms with Crippen LogP contribution < -0.4 is 30.3 Å². The van der Waals surface area contributed by atoms with Crippen LogP contribution in [0.15, 0.2) is 18.3 Å². The molecule has 1 saturated carbocycles. The van der Waals surface area contributed by atoms with E-state index in [4.69, 9.17) is 28.9 Å². The lowest BCUT2D eigenvalue weighted by atomic mass is 9.95. The molecule has 5 rings (SSSR count). The molecule has 1 atom stereocenters. The molecule has 1 aliphatic carbocycles. The lowest BCUT2D eigenvalue weighted by Gasteiger charge is -2.34. The maximum absolute atomic E-state index is 10.9. The maximum Gasteiger partial charge on any atom is 0.316 e. The van der Waals surface area contributed by atoms with Crippen LogP contribution in [0.4, 0.5) is 11.8 Å². The van der Waals surface area contributed by atoms with E-state index in [2.05, 4.69) is 36.1 Å². The SMILES string of the molecule is COc1cc2nc(N3CCN(CCO[PH](=O)O)CC3)nc(NCc3cn(CCCNCCCNC4CCCCC4)nn3)c2cc1OC. The topological polar surface area (TPSA) is 164 Å². The van der Waals surface area contributed by atoms with Gasteiger partial charge < -0.3 is 39.7 Å². The van der Waals surface area contributed by atoms with Crippen molar-refractivity contribution >= 4 is 30.9 Å². The molecule has 1 saturated heterocycles. The Bertz CT molecular complexity index is 1410. The number of hydrogen-bond acceptors (Lipinski definition) is 13. The summed E-state index contributed by atoms with van der Waals surface area (Å²) in [6, 6.07) is 4.48. The van der Waals surface area contributed by atoms with Crippen LogP contribution in [-0.2, 0) is 22.2 Å². The van der Waals surface area contributed by atoms with E-state index in [1.807, 2.05) is 23.0 Å². The Balaban J connectivity index is 1.13. The van der Waals surface area contributed by atoms with Gasteiger partial charge >= 0.3 is 8.25 Å². The highest BCUT2D eigenvalue weighted by Crippen LogP contribution is 2.35. The van der Waals surface area contributed by atoms with Crippen LogP contribution in [0, 0.1) is 0 Å². The molecule has 260 valence electrons. The quantitative estimate of drug-likeness (QED) is 0.108. The molecule has 0 bridgehead atoms. The molecule has 2 fully saturated rings. The van der Waals surface area contributed by atoms with Crippen LogP contribution in [0.25, 0.3) is 10.9 Å². The number of methoxy groups -OCH3 is 2. The average molecular weight is 675 g/mol. The summed E-state index contributed by atoms with van der Waals surface area (Å²) in [5.74, 6) is 2.48. The van der Waals surface area contributed by atoms with E-state index >= 15 is 0 Å². The first-order chi connectivity index (χ1) is 23.0. The zero-order chi connectivity index (χ0) is 32.8. The Morgan fingerprint density at radius 1 is 0.957 bits per heavy atom. The summed E-state index contributed by atoms with van der Waals surface area (Å²) in [7, 11) is 0.311. The number of hydrogen-bond donors (Lipinski definition) is 4. The lowest BCUT2D eigenvalue weighted by Crippen LogP contribution is -2.47. The largest absolute Gasteiger partial charge is 0.493 e. The molecule has 2 aliphatic rings. The first-order valence-corrected chi connectivity index (χ1v) is 18.1. The van der Waals surface area contributed by atoms with E-state index in [-0.39, 0.29) is 6.61 Å². The van der Waals surface area contributed by atoms with Gasteiger partial charge in [0.05, 0.1) is 39.1 Å². The number of nitrogens with one attached hydrogen (secondary N) is 3. The number of aromatic nitrogens is 5. The van der Waals surface area contributed by atoms with Crippen molar-refractivity contribution < 1.29 is 23.5 Å². The maximum atomic E-state index is 10.9. The van der Waals surface area contributed by atoms with Crippen LogP contribution >= 0.6 is 8.25 Å². The zero-order valence-electron chi connectivity index (χ0n) is 27.7. The lowest BCUT2D eigenvalue weighted by molar-refractivity contribution is 0.194. The van der Waals surface area contributed by atoms with Gasteiger partial charge in [0, 0.05) is 56.8 Å². The molecule has 47 heavy (non-hydrogen) atoms. The summed E-state index contributed by atoms with van der Waals surface area (Å²) in [5.41, 5.74) is 1.56. The number of nitrogens with zero attached hydrogens (tertiary/aromatic N) is 7. The highest BCUT2D eigenvalue weighted by molar-refractivity contribution is 7.32. The first-order valence-electron chi connectivity index (χ1n) is 16.9. The Labute approximate surface area is 277 Å². The van der Waals surface area contributed by atoms with Crippen molar-refractivity contribution in [3.8, 4) is 11.5 Å². The van der Waals surface area contributed by atoms with Crippen LogP contribution in [0.1, 0.15) is 50.6 Å². The number of anilines is 2. The minimum absolute atomic E-state index is 0.232. The fraction of sp³-hybridized carbons (Fsp3) is 0.677. The van der Waals surface area contributed by atoms with Gasteiger partial charge in [-0.15, -0.1) is 5.10 Å². The molecule has 4 N–H and O–H groups in total. The third-order valence-electron chi connectivity index (χ3n) is 8.81. The third kappa shape index (κ3) is 10.7. The van der Waals surface area contributed by atoms with Gasteiger partial charge in [0.2, 0.25) is 5.95 Å². The number of benzene rings is 1. The minimum atomic E-state index is -2.91. The van der Waals surface area contributed by atoms with Crippen molar-refractivity contribution in [2.24, 2.45) is 0 Å². The fourth-order valence-electron chi connectivity index (χ4n) is 6.17. The molecule has 1 unspecified atom stereocenters. The second-order valence-electron chi connectivity index (χ2n) is 12.1. The van der Waals surface area contributed by atoms with E-state index < -0.39 is 8.25 Å². The van der Waals surface area contributed by atoms with Crippen molar-refractivity contribution in [1.29, 1.82) is 0 Å². The summed E-state index contributed by atoms with van der Waals surface area (Å²) in [6.07, 6.45) is 10.9. The van der Waals surface area contributed by atoms with E-state index in [9.17, 15) is 4.57 Å². The predicted molar refractivity (Wildman–Crippen MR) is 183 cm³/mol. The number of fused-ring (bicyclic) bond motifs is 1. The molecule has 0 spiro atoms. The van der Waals surface area contributed by atoms with Crippen LogP contribution in [0.3, 0.4) is 0 Å². The third-order valence-corrected chi connectivity index (χ3v) is 9.26. The molecule has 1 aliphatic heterocycles. The highest BCUT2D eigenvalue weighted by atomic mass is 31.1. The van der Waals surface area contributed by atoms with Crippen molar-refractivity contribution in [2.75, 3.05) is 83.4 Å². The summed E-state index contributed by atoms with van der Waals surface area (Å²) >= 11 is 0. The van der Waals surface area contributed by atoms with E-state index in [1.165, 1.54) is 32.1 Å². The van der Waals surface area contributed by atoms with E-state index in [1.54, 1.807) is 14.2 Å². The number of rotatable bonds is 19. The van der Waals surface area contributed by atoms with E-state index in [0.29, 0.717) is 49.4 Å². The summed E-state index contributed by atoms with van der Waals surface area (Å²) < 4.78 is 28.7.